The molecule has 4 heteroatoms. The summed E-state index contributed by atoms with van der Waals surface area (Å²) in [5, 5.41) is 9.91. The average Bonchev–Trinajstić information content (AvgIpc) is 2.64. The van der Waals surface area contributed by atoms with E-state index in [0.29, 0.717) is 12.1 Å². The van der Waals surface area contributed by atoms with Gasteiger partial charge < -0.3 is 15.1 Å². The van der Waals surface area contributed by atoms with Crippen LogP contribution in [0.2, 0.25) is 5.04 Å². The van der Waals surface area contributed by atoms with Gasteiger partial charge in [0.1, 0.15) is 0 Å². The minimum absolute atomic E-state index is 0.0328. The minimum Gasteiger partial charge on any atom is -0.406 e. The Labute approximate surface area is 159 Å². The molecule has 2 N–H and O–H groups in total. The van der Waals surface area contributed by atoms with Crippen molar-refractivity contribution in [1.82, 2.24) is 10.6 Å². The molecule has 1 heterocycles. The van der Waals surface area contributed by atoms with Crippen molar-refractivity contribution < 1.29 is 4.43 Å². The van der Waals surface area contributed by atoms with Crippen LogP contribution in [0.25, 0.3) is 0 Å². The van der Waals surface area contributed by atoms with Gasteiger partial charge in [0.05, 0.1) is 6.61 Å². The number of hydrogen-bond donors (Lipinski definition) is 2. The highest BCUT2D eigenvalue weighted by Crippen LogP contribution is 2.36. The quantitative estimate of drug-likeness (QED) is 0.796. The Hall–Kier alpha value is -1.46. The van der Waals surface area contributed by atoms with Crippen LogP contribution in [0.4, 0.5) is 0 Å². The summed E-state index contributed by atoms with van der Waals surface area (Å²) in [6, 6.07) is 22.6. The van der Waals surface area contributed by atoms with E-state index in [2.05, 4.69) is 99.0 Å². The van der Waals surface area contributed by atoms with Crippen LogP contribution in [-0.2, 0) is 4.43 Å². The predicted octanol–water partition coefficient (Wildman–Crippen LogP) is 2.51. The molecule has 2 atom stereocenters. The van der Waals surface area contributed by atoms with Gasteiger partial charge >= 0.3 is 0 Å². The zero-order valence-electron chi connectivity index (χ0n) is 16.5. The molecule has 140 valence electrons. The molecule has 0 aliphatic carbocycles. The van der Waals surface area contributed by atoms with Crippen LogP contribution in [0, 0.1) is 0 Å². The van der Waals surface area contributed by atoms with Crippen molar-refractivity contribution in [2.45, 2.75) is 44.8 Å². The highest BCUT2D eigenvalue weighted by molar-refractivity contribution is 6.99. The third-order valence-electron chi connectivity index (χ3n) is 5.34. The lowest BCUT2D eigenvalue weighted by Gasteiger charge is -2.44. The Kier molecular flexibility index (Phi) is 5.98. The smallest absolute Gasteiger partial charge is 0.261 e. The number of rotatable bonds is 5. The molecule has 1 aliphatic heterocycles. The topological polar surface area (TPSA) is 33.3 Å². The summed E-state index contributed by atoms with van der Waals surface area (Å²) in [5.74, 6) is 0. The van der Waals surface area contributed by atoms with Crippen LogP contribution in [0.5, 0.6) is 0 Å². The molecular weight excluding hydrogens is 336 g/mol. The Balaban J connectivity index is 1.97. The molecule has 3 rings (SSSR count). The molecule has 1 saturated heterocycles. The maximum Gasteiger partial charge on any atom is 0.261 e. The summed E-state index contributed by atoms with van der Waals surface area (Å²) in [5.41, 5.74) is 0. The minimum atomic E-state index is -2.42. The van der Waals surface area contributed by atoms with Crippen molar-refractivity contribution in [3.63, 3.8) is 0 Å². The SMILES string of the molecule is CC1CNC(CO[Si](c2ccccc2)(c2ccccc2)C(C)(C)C)CN1. The van der Waals surface area contributed by atoms with Crippen LogP contribution in [-0.4, -0.2) is 40.1 Å². The molecule has 0 aromatic heterocycles. The Morgan fingerprint density at radius 1 is 0.885 bits per heavy atom. The molecule has 2 aromatic carbocycles. The zero-order chi connectivity index (χ0) is 18.6. The molecule has 26 heavy (non-hydrogen) atoms. The first-order valence-electron chi connectivity index (χ1n) is 9.65. The van der Waals surface area contributed by atoms with Crippen molar-refractivity contribution in [2.75, 3.05) is 19.7 Å². The summed E-state index contributed by atoms with van der Waals surface area (Å²) in [6.07, 6.45) is 0. The Morgan fingerprint density at radius 3 is 1.85 bits per heavy atom. The van der Waals surface area contributed by atoms with Crippen LogP contribution in [0.15, 0.2) is 60.7 Å². The van der Waals surface area contributed by atoms with Gasteiger partial charge in [0.15, 0.2) is 0 Å². The predicted molar refractivity (Wildman–Crippen MR) is 113 cm³/mol. The largest absolute Gasteiger partial charge is 0.406 e. The zero-order valence-corrected chi connectivity index (χ0v) is 17.5. The molecule has 0 radical (unpaired) electrons. The van der Waals surface area contributed by atoms with Crippen molar-refractivity contribution in [3.8, 4) is 0 Å². The second-order valence-electron chi connectivity index (χ2n) is 8.39. The number of nitrogens with one attached hydrogen (secondary N) is 2. The third-order valence-corrected chi connectivity index (χ3v) is 10.3. The molecular formula is C22H32N2OSi. The van der Waals surface area contributed by atoms with E-state index in [0.717, 1.165) is 19.7 Å². The van der Waals surface area contributed by atoms with Gasteiger partial charge in [0, 0.05) is 25.2 Å². The maximum atomic E-state index is 6.98. The fourth-order valence-corrected chi connectivity index (χ4v) is 8.54. The molecule has 1 fully saturated rings. The van der Waals surface area contributed by atoms with Gasteiger partial charge in [-0.2, -0.15) is 0 Å². The lowest BCUT2D eigenvalue weighted by atomic mass is 10.2. The van der Waals surface area contributed by atoms with E-state index in [1.165, 1.54) is 10.4 Å². The van der Waals surface area contributed by atoms with Crippen molar-refractivity contribution in [3.05, 3.63) is 60.7 Å². The van der Waals surface area contributed by atoms with E-state index in [1.807, 2.05) is 0 Å². The van der Waals surface area contributed by atoms with E-state index in [4.69, 9.17) is 4.43 Å². The first-order chi connectivity index (χ1) is 12.4. The summed E-state index contributed by atoms with van der Waals surface area (Å²) >= 11 is 0. The summed E-state index contributed by atoms with van der Waals surface area (Å²) in [4.78, 5) is 0. The Morgan fingerprint density at radius 2 is 1.42 bits per heavy atom. The fourth-order valence-electron chi connectivity index (χ4n) is 3.94. The Bertz CT molecular complexity index is 637. The molecule has 0 bridgehead atoms. The summed E-state index contributed by atoms with van der Waals surface area (Å²) in [6.45, 7) is 11.9. The summed E-state index contributed by atoms with van der Waals surface area (Å²) in [7, 11) is -2.42. The van der Waals surface area contributed by atoms with Crippen LogP contribution < -0.4 is 21.0 Å². The average molecular weight is 369 g/mol. The molecule has 0 amide bonds. The van der Waals surface area contributed by atoms with Crippen LogP contribution in [0.3, 0.4) is 0 Å². The van der Waals surface area contributed by atoms with Gasteiger partial charge in [0.2, 0.25) is 0 Å². The van der Waals surface area contributed by atoms with Gasteiger partial charge in [-0.15, -0.1) is 0 Å². The highest BCUT2D eigenvalue weighted by atomic mass is 28.4. The van der Waals surface area contributed by atoms with Gasteiger partial charge in [0.25, 0.3) is 8.32 Å². The standard InChI is InChI=1S/C22H32N2OSi/c1-18-15-24-19(16-23-18)17-25-26(22(2,3)4,20-11-7-5-8-12-20)21-13-9-6-10-14-21/h5-14,18-19,23-24H,15-17H2,1-4H3. The third kappa shape index (κ3) is 3.94. The molecule has 0 spiro atoms. The van der Waals surface area contributed by atoms with Gasteiger partial charge in [-0.25, -0.2) is 0 Å². The summed E-state index contributed by atoms with van der Waals surface area (Å²) < 4.78 is 6.98. The van der Waals surface area contributed by atoms with Gasteiger partial charge in [-0.3, -0.25) is 0 Å². The van der Waals surface area contributed by atoms with E-state index in [9.17, 15) is 0 Å². The highest BCUT2D eigenvalue weighted by Gasteiger charge is 2.50. The molecule has 2 aromatic rings. The maximum absolute atomic E-state index is 6.98. The first kappa shape index (κ1) is 19.3. The monoisotopic (exact) mass is 368 g/mol. The number of piperazine rings is 1. The molecule has 1 aliphatic rings. The second kappa shape index (κ2) is 8.05. The van der Waals surface area contributed by atoms with E-state index < -0.39 is 8.32 Å². The van der Waals surface area contributed by atoms with E-state index in [1.54, 1.807) is 0 Å². The van der Waals surface area contributed by atoms with Gasteiger partial charge in [-0.05, 0) is 22.3 Å². The van der Waals surface area contributed by atoms with Crippen LogP contribution in [0.1, 0.15) is 27.7 Å². The fraction of sp³-hybridized carbons (Fsp3) is 0.455. The number of benzene rings is 2. The van der Waals surface area contributed by atoms with Gasteiger partial charge in [-0.1, -0.05) is 81.4 Å². The molecule has 0 saturated carbocycles. The second-order valence-corrected chi connectivity index (χ2v) is 12.7. The lowest BCUT2D eigenvalue weighted by molar-refractivity contribution is 0.222. The first-order valence-corrected chi connectivity index (χ1v) is 11.6. The number of hydrogen-bond acceptors (Lipinski definition) is 3. The van der Waals surface area contributed by atoms with Crippen molar-refractivity contribution >= 4 is 18.7 Å². The van der Waals surface area contributed by atoms with Crippen molar-refractivity contribution in [1.29, 1.82) is 0 Å². The van der Waals surface area contributed by atoms with E-state index >= 15 is 0 Å². The normalized spacial score (nSPS) is 21.5. The van der Waals surface area contributed by atoms with E-state index in [-0.39, 0.29) is 5.04 Å². The molecule has 3 nitrogen and oxygen atoms in total. The van der Waals surface area contributed by atoms with Crippen LogP contribution >= 0.6 is 0 Å². The lowest BCUT2D eigenvalue weighted by Crippen LogP contribution is -2.68. The van der Waals surface area contributed by atoms with Crippen molar-refractivity contribution in [2.24, 2.45) is 0 Å². The molecule has 2 unspecified atom stereocenters.